The Morgan fingerprint density at radius 3 is 2.59 bits per heavy atom. The smallest absolute Gasteiger partial charge is 0.146 e. The summed E-state index contributed by atoms with van der Waals surface area (Å²) in [4.78, 5) is 2.48. The Balaban J connectivity index is 1.57. The zero-order chi connectivity index (χ0) is 15.4. The van der Waals surface area contributed by atoms with Crippen LogP contribution < -0.4 is 4.74 Å². The minimum Gasteiger partial charge on any atom is -0.456 e. The van der Waals surface area contributed by atoms with Crippen molar-refractivity contribution in [2.24, 2.45) is 0 Å². The molecule has 1 fully saturated rings. The van der Waals surface area contributed by atoms with Gasteiger partial charge in [0.1, 0.15) is 11.5 Å². The monoisotopic (exact) mass is 315 g/mol. The van der Waals surface area contributed by atoms with Crippen LogP contribution in [0.5, 0.6) is 11.5 Å². The lowest BCUT2D eigenvalue weighted by molar-refractivity contribution is 0.296. The van der Waals surface area contributed by atoms with Gasteiger partial charge in [-0.2, -0.15) is 0 Å². The third-order valence-corrected chi connectivity index (χ3v) is 4.74. The number of benzene rings is 2. The highest BCUT2D eigenvalue weighted by molar-refractivity contribution is 6.32. The van der Waals surface area contributed by atoms with E-state index < -0.39 is 0 Å². The van der Waals surface area contributed by atoms with E-state index in [0.29, 0.717) is 10.8 Å². The highest BCUT2D eigenvalue weighted by atomic mass is 35.5. The van der Waals surface area contributed by atoms with E-state index in [1.54, 1.807) is 0 Å². The molecule has 1 atom stereocenters. The molecule has 1 aliphatic rings. The predicted molar refractivity (Wildman–Crippen MR) is 91.9 cm³/mol. The first-order valence-corrected chi connectivity index (χ1v) is 8.32. The summed E-state index contributed by atoms with van der Waals surface area (Å²) in [5.41, 5.74) is 1.37. The van der Waals surface area contributed by atoms with Gasteiger partial charge in [0.05, 0.1) is 5.02 Å². The average molecular weight is 316 g/mol. The minimum atomic E-state index is 0.635. The van der Waals surface area contributed by atoms with Crippen LogP contribution in [0.2, 0.25) is 5.02 Å². The first-order valence-electron chi connectivity index (χ1n) is 7.94. The Morgan fingerprint density at radius 1 is 1.14 bits per heavy atom. The van der Waals surface area contributed by atoms with Crippen molar-refractivity contribution in [2.45, 2.75) is 31.7 Å². The van der Waals surface area contributed by atoms with E-state index in [1.807, 2.05) is 36.4 Å². The van der Waals surface area contributed by atoms with E-state index >= 15 is 0 Å². The normalized spacial score (nSPS) is 18.5. The molecule has 0 N–H and O–H groups in total. The summed E-state index contributed by atoms with van der Waals surface area (Å²) in [5.74, 6) is 1.53. The summed E-state index contributed by atoms with van der Waals surface area (Å²) in [6.45, 7) is 1.25. The Morgan fingerprint density at radius 2 is 1.91 bits per heavy atom. The van der Waals surface area contributed by atoms with Gasteiger partial charge in [0.2, 0.25) is 0 Å². The van der Waals surface area contributed by atoms with Crippen LogP contribution in [0.15, 0.2) is 48.5 Å². The molecule has 0 aromatic heterocycles. The number of hydrogen-bond donors (Lipinski definition) is 0. The zero-order valence-corrected chi connectivity index (χ0v) is 13.7. The number of para-hydroxylation sites is 1. The van der Waals surface area contributed by atoms with Gasteiger partial charge in [-0.3, -0.25) is 0 Å². The summed E-state index contributed by atoms with van der Waals surface area (Å²) in [5, 5.41) is 0.635. The van der Waals surface area contributed by atoms with E-state index in [-0.39, 0.29) is 0 Å². The lowest BCUT2D eigenvalue weighted by Gasteiger charge is -2.19. The summed E-state index contributed by atoms with van der Waals surface area (Å²) in [6, 6.07) is 16.6. The maximum Gasteiger partial charge on any atom is 0.146 e. The molecule has 1 heterocycles. The van der Waals surface area contributed by atoms with Crippen molar-refractivity contribution in [1.82, 2.24) is 4.90 Å². The van der Waals surface area contributed by atoms with Crippen LogP contribution in [0.1, 0.15) is 24.8 Å². The molecular weight excluding hydrogens is 294 g/mol. The van der Waals surface area contributed by atoms with Crippen molar-refractivity contribution >= 4 is 11.6 Å². The van der Waals surface area contributed by atoms with Gasteiger partial charge in [-0.05, 0) is 69.1 Å². The number of ether oxygens (including phenoxy) is 1. The van der Waals surface area contributed by atoms with Crippen LogP contribution in [0.3, 0.4) is 0 Å². The fourth-order valence-electron chi connectivity index (χ4n) is 3.06. The van der Waals surface area contributed by atoms with Crippen molar-refractivity contribution < 1.29 is 4.74 Å². The molecule has 3 heteroatoms. The third kappa shape index (κ3) is 3.82. The average Bonchev–Trinajstić information content (AvgIpc) is 2.94. The molecule has 0 aliphatic carbocycles. The predicted octanol–water partition coefficient (Wildman–Crippen LogP) is 5.16. The maximum absolute atomic E-state index is 6.11. The Bertz CT molecular complexity index is 611. The molecule has 1 aliphatic heterocycles. The van der Waals surface area contributed by atoms with Crippen molar-refractivity contribution in [3.05, 3.63) is 59.1 Å². The molecule has 0 saturated carbocycles. The number of halogens is 1. The van der Waals surface area contributed by atoms with E-state index in [2.05, 4.69) is 24.1 Å². The number of aryl methyl sites for hydroxylation is 1. The van der Waals surface area contributed by atoms with Crippen LogP contribution in [-0.4, -0.2) is 24.5 Å². The topological polar surface area (TPSA) is 12.5 Å². The lowest BCUT2D eigenvalue weighted by Crippen LogP contribution is -2.25. The van der Waals surface area contributed by atoms with Gasteiger partial charge in [-0.15, -0.1) is 0 Å². The number of likely N-dealkylation sites (tertiary alicyclic amines) is 1. The van der Waals surface area contributed by atoms with Crippen molar-refractivity contribution in [1.29, 1.82) is 0 Å². The van der Waals surface area contributed by atoms with Crippen molar-refractivity contribution in [3.8, 4) is 11.5 Å². The third-order valence-electron chi connectivity index (χ3n) is 4.43. The molecule has 116 valence electrons. The van der Waals surface area contributed by atoms with Gasteiger partial charge in [0.15, 0.2) is 0 Å². The van der Waals surface area contributed by atoms with Gasteiger partial charge >= 0.3 is 0 Å². The maximum atomic E-state index is 6.11. The molecule has 0 radical (unpaired) electrons. The summed E-state index contributed by atoms with van der Waals surface area (Å²) in [7, 11) is 2.23. The molecule has 22 heavy (non-hydrogen) atoms. The van der Waals surface area contributed by atoms with Crippen LogP contribution in [0.4, 0.5) is 0 Å². The molecule has 2 aromatic rings. The van der Waals surface area contributed by atoms with Crippen molar-refractivity contribution in [3.63, 3.8) is 0 Å². The standard InChI is InChI=1S/C19H22ClNO/c1-21-14-4-5-16(21)11-8-15-9-12-17(13-10-15)22-19-7-3-2-6-18(19)20/h2-3,6-7,9-10,12-13,16H,4-5,8,11,14H2,1H3. The van der Waals surface area contributed by atoms with E-state index in [0.717, 1.165) is 18.2 Å². The second-order valence-electron chi connectivity index (χ2n) is 5.99. The van der Waals surface area contributed by atoms with E-state index in [1.165, 1.54) is 31.4 Å². The summed E-state index contributed by atoms with van der Waals surface area (Å²) < 4.78 is 5.82. The lowest BCUT2D eigenvalue weighted by atomic mass is 10.0. The molecule has 0 bridgehead atoms. The Kier molecular flexibility index (Phi) is 5.01. The number of hydrogen-bond acceptors (Lipinski definition) is 2. The molecular formula is C19H22ClNO. The fourth-order valence-corrected chi connectivity index (χ4v) is 3.23. The van der Waals surface area contributed by atoms with Crippen LogP contribution >= 0.6 is 11.6 Å². The first kappa shape index (κ1) is 15.4. The molecule has 1 unspecified atom stereocenters. The molecule has 2 aromatic carbocycles. The first-order chi connectivity index (χ1) is 10.7. The molecule has 0 spiro atoms. The van der Waals surface area contributed by atoms with Crippen LogP contribution in [0.25, 0.3) is 0 Å². The van der Waals surface area contributed by atoms with E-state index in [9.17, 15) is 0 Å². The van der Waals surface area contributed by atoms with E-state index in [4.69, 9.17) is 16.3 Å². The minimum absolute atomic E-state index is 0.635. The molecule has 0 amide bonds. The number of rotatable bonds is 5. The van der Waals surface area contributed by atoms with Crippen LogP contribution in [0, 0.1) is 0 Å². The van der Waals surface area contributed by atoms with Crippen molar-refractivity contribution in [2.75, 3.05) is 13.6 Å². The highest BCUT2D eigenvalue weighted by Gasteiger charge is 2.20. The van der Waals surface area contributed by atoms with Crippen LogP contribution in [-0.2, 0) is 6.42 Å². The second-order valence-corrected chi connectivity index (χ2v) is 6.40. The molecule has 2 nitrogen and oxygen atoms in total. The quantitative estimate of drug-likeness (QED) is 0.755. The van der Waals surface area contributed by atoms with Gasteiger partial charge in [-0.25, -0.2) is 0 Å². The number of nitrogens with zero attached hydrogens (tertiary/aromatic N) is 1. The fraction of sp³-hybridized carbons (Fsp3) is 0.368. The van der Waals surface area contributed by atoms with Gasteiger partial charge < -0.3 is 9.64 Å². The zero-order valence-electron chi connectivity index (χ0n) is 13.0. The summed E-state index contributed by atoms with van der Waals surface area (Å²) in [6.07, 6.45) is 5.04. The Hall–Kier alpha value is -1.51. The SMILES string of the molecule is CN1CCCC1CCc1ccc(Oc2ccccc2Cl)cc1. The molecule has 3 rings (SSSR count). The second kappa shape index (κ2) is 7.17. The Labute approximate surface area is 137 Å². The van der Waals surface area contributed by atoms with Gasteiger partial charge in [-0.1, -0.05) is 35.9 Å². The highest BCUT2D eigenvalue weighted by Crippen LogP contribution is 2.29. The largest absolute Gasteiger partial charge is 0.456 e. The summed E-state index contributed by atoms with van der Waals surface area (Å²) >= 11 is 6.11. The molecule has 1 saturated heterocycles. The van der Waals surface area contributed by atoms with Gasteiger partial charge in [0, 0.05) is 6.04 Å². The van der Waals surface area contributed by atoms with Gasteiger partial charge in [0.25, 0.3) is 0 Å².